The molecule has 0 saturated carbocycles. The molecule has 0 saturated heterocycles. The molecule has 1 amide bonds. The van der Waals surface area contributed by atoms with E-state index >= 15 is 0 Å². The maximum Gasteiger partial charge on any atom is 0.236 e. The van der Waals surface area contributed by atoms with Gasteiger partial charge in [-0.3, -0.25) is 4.79 Å². The number of nitrogens with zero attached hydrogens (tertiary/aromatic N) is 2. The summed E-state index contributed by atoms with van der Waals surface area (Å²) in [5, 5.41) is 12.7. The van der Waals surface area contributed by atoms with Crippen LogP contribution in [0.25, 0.3) is 0 Å². The summed E-state index contributed by atoms with van der Waals surface area (Å²) in [7, 11) is 3.44. The van der Waals surface area contributed by atoms with Crippen molar-refractivity contribution in [3.63, 3.8) is 0 Å². The van der Waals surface area contributed by atoms with Crippen LogP contribution in [0.15, 0.2) is 0 Å². The zero-order valence-corrected chi connectivity index (χ0v) is 10.9. The Balaban J connectivity index is 3.65. The Morgan fingerprint density at radius 3 is 2.31 bits per heavy atom. The van der Waals surface area contributed by atoms with Crippen LogP contribution in [-0.4, -0.2) is 73.7 Å². The number of amides is 1. The molecular formula is C11H25N3O2. The minimum atomic E-state index is -0.421. The zero-order valence-electron chi connectivity index (χ0n) is 10.9. The number of aliphatic hydroxyl groups is 1. The van der Waals surface area contributed by atoms with Crippen molar-refractivity contribution in [3.05, 3.63) is 0 Å². The highest BCUT2D eigenvalue weighted by atomic mass is 16.3. The number of carbonyl (C=O) groups excluding carboxylic acids is 1. The van der Waals surface area contributed by atoms with E-state index in [2.05, 4.69) is 24.1 Å². The van der Waals surface area contributed by atoms with Crippen molar-refractivity contribution in [2.24, 2.45) is 0 Å². The topological polar surface area (TPSA) is 55.8 Å². The summed E-state index contributed by atoms with van der Waals surface area (Å²) in [6, 6.07) is 0. The first-order chi connectivity index (χ1) is 7.51. The lowest BCUT2D eigenvalue weighted by Gasteiger charge is -2.22. The van der Waals surface area contributed by atoms with E-state index < -0.39 is 6.10 Å². The van der Waals surface area contributed by atoms with Crippen molar-refractivity contribution in [2.45, 2.75) is 20.0 Å². The second-order valence-electron chi connectivity index (χ2n) is 4.06. The van der Waals surface area contributed by atoms with Crippen molar-refractivity contribution >= 4 is 5.91 Å². The third-order valence-electron chi connectivity index (χ3n) is 2.52. The Morgan fingerprint density at radius 1 is 1.31 bits per heavy atom. The molecule has 5 heteroatoms. The van der Waals surface area contributed by atoms with Crippen LogP contribution in [0.4, 0.5) is 0 Å². The molecule has 16 heavy (non-hydrogen) atoms. The minimum Gasteiger partial charge on any atom is -0.390 e. The summed E-state index contributed by atoms with van der Waals surface area (Å²) >= 11 is 0. The zero-order chi connectivity index (χ0) is 12.6. The van der Waals surface area contributed by atoms with Crippen LogP contribution < -0.4 is 5.32 Å². The molecule has 0 radical (unpaired) electrons. The van der Waals surface area contributed by atoms with Gasteiger partial charge in [-0.2, -0.15) is 0 Å². The normalized spacial score (nSPS) is 12.9. The van der Waals surface area contributed by atoms with Crippen molar-refractivity contribution in [1.82, 2.24) is 15.1 Å². The maximum atomic E-state index is 11.2. The minimum absolute atomic E-state index is 0.0232. The Kier molecular flexibility index (Phi) is 8.15. The molecule has 0 aliphatic carbocycles. The Morgan fingerprint density at radius 2 is 1.88 bits per heavy atom. The Labute approximate surface area is 98.4 Å². The number of hydrogen-bond donors (Lipinski definition) is 2. The fourth-order valence-corrected chi connectivity index (χ4v) is 1.35. The van der Waals surface area contributed by atoms with Crippen molar-refractivity contribution < 1.29 is 9.90 Å². The summed E-state index contributed by atoms with van der Waals surface area (Å²) in [6.45, 7) is 7.39. The first kappa shape index (κ1) is 15.3. The second-order valence-corrected chi connectivity index (χ2v) is 4.06. The van der Waals surface area contributed by atoms with Crippen molar-refractivity contribution in [1.29, 1.82) is 0 Å². The van der Waals surface area contributed by atoms with E-state index in [0.29, 0.717) is 13.1 Å². The first-order valence-corrected chi connectivity index (χ1v) is 5.82. The molecule has 1 unspecified atom stereocenters. The number of aliphatic hydroxyl groups excluding tert-OH is 1. The van der Waals surface area contributed by atoms with Crippen LogP contribution in [0.3, 0.4) is 0 Å². The summed E-state index contributed by atoms with van der Waals surface area (Å²) in [5.74, 6) is 0.0232. The van der Waals surface area contributed by atoms with Gasteiger partial charge in [0, 0.05) is 27.2 Å². The van der Waals surface area contributed by atoms with E-state index in [4.69, 9.17) is 0 Å². The molecule has 0 aromatic carbocycles. The molecule has 96 valence electrons. The quantitative estimate of drug-likeness (QED) is 0.584. The fraction of sp³-hybridized carbons (Fsp3) is 0.909. The number of nitrogens with one attached hydrogen (secondary N) is 1. The van der Waals surface area contributed by atoms with Gasteiger partial charge >= 0.3 is 0 Å². The number of likely N-dealkylation sites (N-methyl/N-ethyl adjacent to an activating group) is 2. The average molecular weight is 231 g/mol. The Bertz CT molecular complexity index is 194. The third-order valence-corrected chi connectivity index (χ3v) is 2.52. The van der Waals surface area contributed by atoms with Crippen molar-refractivity contribution in [2.75, 3.05) is 46.8 Å². The fourth-order valence-electron chi connectivity index (χ4n) is 1.35. The third kappa shape index (κ3) is 6.76. The molecule has 0 aliphatic rings. The highest BCUT2D eigenvalue weighted by Crippen LogP contribution is 1.91. The lowest BCUT2D eigenvalue weighted by molar-refractivity contribution is -0.127. The van der Waals surface area contributed by atoms with E-state index in [1.54, 1.807) is 14.1 Å². The predicted octanol–water partition coefficient (Wildman–Crippen LogP) is -0.633. The molecule has 0 bridgehead atoms. The van der Waals surface area contributed by atoms with E-state index in [9.17, 15) is 9.90 Å². The maximum absolute atomic E-state index is 11.2. The predicted molar refractivity (Wildman–Crippen MR) is 65.4 cm³/mol. The van der Waals surface area contributed by atoms with Crippen LogP contribution in [0, 0.1) is 0 Å². The van der Waals surface area contributed by atoms with Gasteiger partial charge in [0.25, 0.3) is 0 Å². The number of carbonyl (C=O) groups is 1. The first-order valence-electron chi connectivity index (χ1n) is 5.82. The summed E-state index contributed by atoms with van der Waals surface area (Å²) in [4.78, 5) is 14.9. The molecule has 0 spiro atoms. The van der Waals surface area contributed by atoms with Crippen molar-refractivity contribution in [3.8, 4) is 0 Å². The molecular weight excluding hydrogens is 206 g/mol. The van der Waals surface area contributed by atoms with Crippen LogP contribution >= 0.6 is 0 Å². The van der Waals surface area contributed by atoms with Crippen LogP contribution in [0.2, 0.25) is 0 Å². The van der Waals surface area contributed by atoms with Gasteiger partial charge in [-0.15, -0.1) is 0 Å². The largest absolute Gasteiger partial charge is 0.390 e. The molecule has 1 atom stereocenters. The Hall–Kier alpha value is -0.650. The molecule has 0 rings (SSSR count). The lowest BCUT2D eigenvalue weighted by Crippen LogP contribution is -2.41. The smallest absolute Gasteiger partial charge is 0.236 e. The highest BCUT2D eigenvalue weighted by Gasteiger charge is 2.09. The second kappa shape index (κ2) is 8.50. The van der Waals surface area contributed by atoms with E-state index in [0.717, 1.165) is 13.1 Å². The van der Waals surface area contributed by atoms with Gasteiger partial charge in [-0.25, -0.2) is 0 Å². The summed E-state index contributed by atoms with van der Waals surface area (Å²) in [6.07, 6.45) is -0.421. The van der Waals surface area contributed by atoms with Gasteiger partial charge in [0.05, 0.1) is 12.6 Å². The monoisotopic (exact) mass is 231 g/mol. The highest BCUT2D eigenvalue weighted by molar-refractivity contribution is 5.77. The molecule has 5 nitrogen and oxygen atoms in total. The molecule has 0 aliphatic heterocycles. The lowest BCUT2D eigenvalue weighted by atomic mass is 10.3. The molecule has 0 aromatic heterocycles. The summed E-state index contributed by atoms with van der Waals surface area (Å²) in [5.41, 5.74) is 0. The van der Waals surface area contributed by atoms with Crippen LogP contribution in [-0.2, 0) is 4.79 Å². The van der Waals surface area contributed by atoms with Gasteiger partial charge in [0.1, 0.15) is 0 Å². The van der Waals surface area contributed by atoms with Gasteiger partial charge in [0.2, 0.25) is 5.91 Å². The van der Waals surface area contributed by atoms with Gasteiger partial charge in [0.15, 0.2) is 0 Å². The van der Waals surface area contributed by atoms with E-state index in [-0.39, 0.29) is 12.5 Å². The van der Waals surface area contributed by atoms with Gasteiger partial charge in [-0.05, 0) is 13.1 Å². The number of hydrogen-bond acceptors (Lipinski definition) is 4. The molecule has 0 fully saturated rings. The van der Waals surface area contributed by atoms with Crippen LogP contribution in [0.5, 0.6) is 0 Å². The number of rotatable bonds is 8. The van der Waals surface area contributed by atoms with Gasteiger partial charge in [-0.1, -0.05) is 13.8 Å². The van der Waals surface area contributed by atoms with Crippen LogP contribution in [0.1, 0.15) is 13.8 Å². The SMILES string of the molecule is CCN(CC)CC(O)CNCC(=O)N(C)C. The standard InChI is InChI=1S/C11H25N3O2/c1-5-14(6-2)9-10(15)7-12-8-11(16)13(3)4/h10,12,15H,5-9H2,1-4H3. The molecule has 0 heterocycles. The average Bonchev–Trinajstić information content (AvgIpc) is 2.25. The van der Waals surface area contributed by atoms with Gasteiger partial charge < -0.3 is 20.2 Å². The summed E-state index contributed by atoms with van der Waals surface area (Å²) < 4.78 is 0. The molecule has 0 aromatic rings. The van der Waals surface area contributed by atoms with E-state index in [1.807, 2.05) is 0 Å². The van der Waals surface area contributed by atoms with E-state index in [1.165, 1.54) is 4.90 Å². The molecule has 2 N–H and O–H groups in total.